The summed E-state index contributed by atoms with van der Waals surface area (Å²) in [6.07, 6.45) is 5.21. The van der Waals surface area contributed by atoms with Gasteiger partial charge in [-0.15, -0.1) is 11.3 Å². The maximum atomic E-state index is 12.5. The summed E-state index contributed by atoms with van der Waals surface area (Å²) in [5.41, 5.74) is 4.61. The first-order valence-electron chi connectivity index (χ1n) is 9.77. The zero-order valence-electron chi connectivity index (χ0n) is 16.2. The molecule has 0 fully saturated rings. The van der Waals surface area contributed by atoms with E-state index < -0.39 is 0 Å². The largest absolute Gasteiger partial charge is 0.333 e. The molecule has 0 N–H and O–H groups in total. The van der Waals surface area contributed by atoms with Crippen molar-refractivity contribution >= 4 is 39.6 Å². The molecule has 0 bridgehead atoms. The van der Waals surface area contributed by atoms with Gasteiger partial charge in [-0.25, -0.2) is 0 Å². The van der Waals surface area contributed by atoms with Gasteiger partial charge in [-0.05, 0) is 34.2 Å². The molecule has 5 heteroatoms. The number of thiophene rings is 1. The highest BCUT2D eigenvalue weighted by Crippen LogP contribution is 2.43. The van der Waals surface area contributed by atoms with Crippen molar-refractivity contribution in [1.29, 1.82) is 0 Å². The van der Waals surface area contributed by atoms with Gasteiger partial charge in [0.1, 0.15) is 0 Å². The standard InChI is InChI=1S/C25H19ClN2OS/c1-2-25(29)28-14-22(20-11-24(26)30-23(20)15-28)19-10-6-5-9-18(19)21-13-27-12-16-7-3-4-8-17(16)21/h2-13,22H,1,14-15H2/t22-/m0/s1. The first-order valence-corrected chi connectivity index (χ1v) is 11.0. The molecule has 1 amide bonds. The number of benzene rings is 2. The SMILES string of the molecule is C=CC(=O)N1Cc2sc(Cl)cc2[C@H](c2ccccc2-c2cncc3ccccc23)C1. The highest BCUT2D eigenvalue weighted by molar-refractivity contribution is 7.16. The van der Waals surface area contributed by atoms with Crippen LogP contribution < -0.4 is 0 Å². The Morgan fingerprint density at radius 1 is 1.10 bits per heavy atom. The lowest BCUT2D eigenvalue weighted by Crippen LogP contribution is -2.37. The van der Waals surface area contributed by atoms with E-state index in [-0.39, 0.29) is 11.8 Å². The molecule has 5 rings (SSSR count). The number of hydrogen-bond donors (Lipinski definition) is 0. The van der Waals surface area contributed by atoms with Gasteiger partial charge in [0.25, 0.3) is 0 Å². The Morgan fingerprint density at radius 3 is 2.77 bits per heavy atom. The van der Waals surface area contributed by atoms with Crippen LogP contribution in [0.5, 0.6) is 0 Å². The highest BCUT2D eigenvalue weighted by atomic mass is 35.5. The van der Waals surface area contributed by atoms with Gasteiger partial charge in [0, 0.05) is 40.7 Å². The second kappa shape index (κ2) is 7.71. The average Bonchev–Trinajstić information content (AvgIpc) is 3.17. The Kier molecular flexibility index (Phi) is 4.89. The number of pyridine rings is 1. The normalized spacial score (nSPS) is 15.8. The van der Waals surface area contributed by atoms with Gasteiger partial charge in [0.15, 0.2) is 0 Å². The number of hydrogen-bond acceptors (Lipinski definition) is 3. The van der Waals surface area contributed by atoms with Crippen LogP contribution in [0.1, 0.15) is 21.9 Å². The number of fused-ring (bicyclic) bond motifs is 2. The molecule has 3 nitrogen and oxygen atoms in total. The number of amides is 1. The van der Waals surface area contributed by atoms with Gasteiger partial charge in [-0.1, -0.05) is 66.7 Å². The molecule has 0 saturated heterocycles. The lowest BCUT2D eigenvalue weighted by atomic mass is 9.83. The molecule has 148 valence electrons. The summed E-state index contributed by atoms with van der Waals surface area (Å²) in [7, 11) is 0. The molecule has 0 radical (unpaired) electrons. The molecule has 0 spiro atoms. The molecule has 30 heavy (non-hydrogen) atoms. The van der Waals surface area contributed by atoms with Gasteiger partial charge >= 0.3 is 0 Å². The summed E-state index contributed by atoms with van der Waals surface area (Å²) in [6, 6.07) is 18.7. The molecule has 3 heterocycles. The Bertz CT molecular complexity index is 1270. The summed E-state index contributed by atoms with van der Waals surface area (Å²) in [4.78, 5) is 19.9. The van der Waals surface area contributed by atoms with E-state index >= 15 is 0 Å². The topological polar surface area (TPSA) is 33.2 Å². The van der Waals surface area contributed by atoms with E-state index in [4.69, 9.17) is 11.6 Å². The van der Waals surface area contributed by atoms with E-state index in [0.717, 1.165) is 25.7 Å². The number of nitrogens with zero attached hydrogens (tertiary/aromatic N) is 2. The van der Waals surface area contributed by atoms with Crippen molar-refractivity contribution in [3.8, 4) is 11.1 Å². The van der Waals surface area contributed by atoms with Crippen LogP contribution in [0.3, 0.4) is 0 Å². The minimum absolute atomic E-state index is 0.0385. The molecular formula is C25H19ClN2OS. The second-order valence-corrected chi connectivity index (χ2v) is 9.17. The Balaban J connectivity index is 1.70. The summed E-state index contributed by atoms with van der Waals surface area (Å²) in [6.45, 7) is 4.84. The third-order valence-corrected chi connectivity index (χ3v) is 6.97. The molecule has 0 saturated carbocycles. The molecule has 1 aliphatic heterocycles. The molecule has 2 aromatic carbocycles. The third-order valence-electron chi connectivity index (χ3n) is 5.71. The smallest absolute Gasteiger partial charge is 0.246 e. The highest BCUT2D eigenvalue weighted by Gasteiger charge is 2.31. The summed E-state index contributed by atoms with van der Waals surface area (Å²) in [5, 5.41) is 2.27. The molecule has 0 unspecified atom stereocenters. The number of aromatic nitrogens is 1. The predicted molar refractivity (Wildman–Crippen MR) is 124 cm³/mol. The van der Waals surface area contributed by atoms with Gasteiger partial charge in [0.05, 0.1) is 10.9 Å². The quantitative estimate of drug-likeness (QED) is 0.358. The number of halogens is 1. The summed E-state index contributed by atoms with van der Waals surface area (Å²) >= 11 is 7.93. The first-order chi connectivity index (χ1) is 14.7. The second-order valence-electron chi connectivity index (χ2n) is 7.40. The van der Waals surface area contributed by atoms with Crippen LogP contribution in [0.15, 0.2) is 79.6 Å². The van der Waals surface area contributed by atoms with E-state index in [1.165, 1.54) is 22.6 Å². The van der Waals surface area contributed by atoms with Crippen LogP contribution >= 0.6 is 22.9 Å². The van der Waals surface area contributed by atoms with Crippen LogP contribution in [0.25, 0.3) is 21.9 Å². The van der Waals surface area contributed by atoms with Crippen LogP contribution in [0.4, 0.5) is 0 Å². The fourth-order valence-corrected chi connectivity index (χ4v) is 5.68. The van der Waals surface area contributed by atoms with Crippen LogP contribution in [0, 0.1) is 0 Å². The molecule has 1 aliphatic rings. The van der Waals surface area contributed by atoms with E-state index in [1.54, 1.807) is 11.3 Å². The fourth-order valence-electron chi connectivity index (χ4n) is 4.32. The van der Waals surface area contributed by atoms with Crippen LogP contribution in [0.2, 0.25) is 4.34 Å². The molecule has 4 aromatic rings. The van der Waals surface area contributed by atoms with E-state index in [1.807, 2.05) is 23.4 Å². The zero-order chi connectivity index (χ0) is 20.7. The van der Waals surface area contributed by atoms with E-state index in [0.29, 0.717) is 13.1 Å². The van der Waals surface area contributed by atoms with E-state index in [2.05, 4.69) is 60.1 Å². The minimum Gasteiger partial charge on any atom is -0.333 e. The predicted octanol–water partition coefficient (Wildman–Crippen LogP) is 6.28. The molecule has 0 aliphatic carbocycles. The van der Waals surface area contributed by atoms with Crippen LogP contribution in [-0.4, -0.2) is 22.3 Å². The van der Waals surface area contributed by atoms with Crippen molar-refractivity contribution in [2.24, 2.45) is 0 Å². The monoisotopic (exact) mass is 430 g/mol. The molecule has 2 aromatic heterocycles. The Morgan fingerprint density at radius 2 is 1.90 bits per heavy atom. The molecular weight excluding hydrogens is 412 g/mol. The van der Waals surface area contributed by atoms with Crippen molar-refractivity contribution < 1.29 is 4.79 Å². The lowest BCUT2D eigenvalue weighted by molar-refractivity contribution is -0.127. The van der Waals surface area contributed by atoms with Crippen molar-refractivity contribution in [3.05, 3.63) is 100.0 Å². The van der Waals surface area contributed by atoms with Gasteiger partial charge < -0.3 is 4.90 Å². The summed E-state index contributed by atoms with van der Waals surface area (Å²) in [5.74, 6) is -0.0175. The van der Waals surface area contributed by atoms with Crippen molar-refractivity contribution in [3.63, 3.8) is 0 Å². The minimum atomic E-state index is -0.0560. The lowest BCUT2D eigenvalue weighted by Gasteiger charge is -2.33. The number of carbonyl (C=O) groups is 1. The van der Waals surface area contributed by atoms with Crippen molar-refractivity contribution in [1.82, 2.24) is 9.88 Å². The third kappa shape index (κ3) is 3.22. The van der Waals surface area contributed by atoms with E-state index in [9.17, 15) is 4.79 Å². The zero-order valence-corrected chi connectivity index (χ0v) is 17.8. The van der Waals surface area contributed by atoms with Gasteiger partial charge in [-0.3, -0.25) is 9.78 Å². The first kappa shape index (κ1) is 19.0. The average molecular weight is 431 g/mol. The molecule has 1 atom stereocenters. The fraction of sp³-hybridized carbons (Fsp3) is 0.120. The van der Waals surface area contributed by atoms with Gasteiger partial charge in [-0.2, -0.15) is 0 Å². The maximum Gasteiger partial charge on any atom is 0.246 e. The Labute approximate surface area is 184 Å². The number of carbonyl (C=O) groups excluding carboxylic acids is 1. The van der Waals surface area contributed by atoms with Crippen LogP contribution in [-0.2, 0) is 11.3 Å². The number of rotatable bonds is 3. The maximum absolute atomic E-state index is 12.5. The van der Waals surface area contributed by atoms with Crippen molar-refractivity contribution in [2.75, 3.05) is 6.54 Å². The van der Waals surface area contributed by atoms with Gasteiger partial charge in [0.2, 0.25) is 5.91 Å². The summed E-state index contributed by atoms with van der Waals surface area (Å²) < 4.78 is 0.752. The van der Waals surface area contributed by atoms with Crippen molar-refractivity contribution in [2.45, 2.75) is 12.5 Å². The Hall–Kier alpha value is -2.95.